The van der Waals surface area contributed by atoms with Crippen molar-refractivity contribution in [1.82, 2.24) is 0 Å². The van der Waals surface area contributed by atoms with Gasteiger partial charge in [-0.05, 0) is 40.4 Å². The lowest BCUT2D eigenvalue weighted by molar-refractivity contribution is 0.250. The first-order chi connectivity index (χ1) is 7.64. The van der Waals surface area contributed by atoms with Crippen LogP contribution in [0.2, 0.25) is 0 Å². The number of aromatic hydroxyl groups is 1. The minimum atomic E-state index is 0.0442. The first kappa shape index (κ1) is 11.7. The summed E-state index contributed by atoms with van der Waals surface area (Å²) in [4.78, 5) is 0. The van der Waals surface area contributed by atoms with Crippen LogP contribution in [0.4, 0.5) is 0 Å². The normalized spacial score (nSPS) is 17.9. The Morgan fingerprint density at radius 1 is 1.50 bits per heavy atom. The molecule has 0 aromatic heterocycles. The van der Waals surface area contributed by atoms with Gasteiger partial charge in [-0.2, -0.15) is 0 Å². The number of nitrogens with two attached hydrogens (primary N) is 1. The average Bonchev–Trinajstić information content (AvgIpc) is 2.23. The van der Waals surface area contributed by atoms with Crippen LogP contribution in [-0.4, -0.2) is 18.8 Å². The van der Waals surface area contributed by atoms with Crippen molar-refractivity contribution in [3.05, 3.63) is 22.2 Å². The van der Waals surface area contributed by atoms with Crippen LogP contribution in [0.3, 0.4) is 0 Å². The Bertz CT molecular complexity index is 397. The summed E-state index contributed by atoms with van der Waals surface area (Å²) < 4.78 is 5.79. The molecular weight excluding hydrogens is 270 g/mol. The summed E-state index contributed by atoms with van der Waals surface area (Å²) in [7, 11) is 1.54. The van der Waals surface area contributed by atoms with Gasteiger partial charge in [0.05, 0.1) is 11.6 Å². The number of benzene rings is 1. The molecule has 2 rings (SSSR count). The number of hydrogen-bond donors (Lipinski definition) is 2. The van der Waals surface area contributed by atoms with Gasteiger partial charge in [-0.15, -0.1) is 0 Å². The number of phenolic OH excluding ortho intramolecular Hbond substituents is 1. The summed E-state index contributed by atoms with van der Waals surface area (Å²) in [6.45, 7) is 0.622. The molecule has 1 aromatic carbocycles. The Hall–Kier alpha value is -0.740. The molecule has 0 saturated heterocycles. The first-order valence-electron chi connectivity index (χ1n) is 5.40. The van der Waals surface area contributed by atoms with Crippen molar-refractivity contribution in [3.8, 4) is 11.5 Å². The van der Waals surface area contributed by atoms with Crippen molar-refractivity contribution in [1.29, 1.82) is 0 Å². The van der Waals surface area contributed by atoms with E-state index < -0.39 is 0 Å². The third kappa shape index (κ3) is 1.60. The van der Waals surface area contributed by atoms with Gasteiger partial charge in [-0.3, -0.25) is 0 Å². The van der Waals surface area contributed by atoms with Gasteiger partial charge >= 0.3 is 0 Å². The van der Waals surface area contributed by atoms with E-state index in [1.807, 2.05) is 6.07 Å². The van der Waals surface area contributed by atoms with Gasteiger partial charge < -0.3 is 15.6 Å². The highest BCUT2D eigenvalue weighted by Gasteiger charge is 2.39. The summed E-state index contributed by atoms with van der Waals surface area (Å²) >= 11 is 3.44. The smallest absolute Gasteiger partial charge is 0.172 e. The Morgan fingerprint density at radius 2 is 2.19 bits per heavy atom. The number of ether oxygens (including phenoxy) is 1. The lowest BCUT2D eigenvalue weighted by atomic mass is 9.64. The number of hydrogen-bond acceptors (Lipinski definition) is 3. The van der Waals surface area contributed by atoms with E-state index in [0.717, 1.165) is 22.9 Å². The van der Waals surface area contributed by atoms with Gasteiger partial charge in [0.25, 0.3) is 0 Å². The minimum Gasteiger partial charge on any atom is -0.503 e. The first-order valence-corrected chi connectivity index (χ1v) is 6.20. The van der Waals surface area contributed by atoms with Crippen molar-refractivity contribution in [3.63, 3.8) is 0 Å². The molecular formula is C12H16BrNO2. The number of phenols is 1. The monoisotopic (exact) mass is 285 g/mol. The van der Waals surface area contributed by atoms with E-state index >= 15 is 0 Å². The van der Waals surface area contributed by atoms with Crippen LogP contribution in [0, 0.1) is 0 Å². The van der Waals surface area contributed by atoms with E-state index in [1.54, 1.807) is 13.2 Å². The standard InChI is InChI=1S/C12H16BrNO2/c1-16-9-4-3-8(10(13)11(9)15)12(7-14)5-2-6-12/h3-4,15H,2,5-7,14H2,1H3. The van der Waals surface area contributed by atoms with E-state index in [2.05, 4.69) is 15.9 Å². The molecule has 0 atom stereocenters. The van der Waals surface area contributed by atoms with Crippen molar-refractivity contribution >= 4 is 15.9 Å². The fourth-order valence-electron chi connectivity index (χ4n) is 2.31. The fourth-order valence-corrected chi connectivity index (χ4v) is 3.06. The van der Waals surface area contributed by atoms with Crippen molar-refractivity contribution in [2.24, 2.45) is 5.73 Å². The van der Waals surface area contributed by atoms with E-state index in [0.29, 0.717) is 12.3 Å². The van der Waals surface area contributed by atoms with Crippen LogP contribution in [0.25, 0.3) is 0 Å². The maximum atomic E-state index is 9.94. The summed E-state index contributed by atoms with van der Waals surface area (Å²) in [5.74, 6) is 0.654. The van der Waals surface area contributed by atoms with Crippen LogP contribution < -0.4 is 10.5 Å². The lowest BCUT2D eigenvalue weighted by Crippen LogP contribution is -2.41. The summed E-state index contributed by atoms with van der Waals surface area (Å²) in [6, 6.07) is 3.79. The molecule has 3 N–H and O–H groups in total. The van der Waals surface area contributed by atoms with Gasteiger partial charge in [-0.1, -0.05) is 12.5 Å². The highest BCUT2D eigenvalue weighted by atomic mass is 79.9. The fraction of sp³-hybridized carbons (Fsp3) is 0.500. The Balaban J connectivity index is 2.46. The van der Waals surface area contributed by atoms with Crippen molar-refractivity contribution in [2.75, 3.05) is 13.7 Å². The zero-order valence-electron chi connectivity index (χ0n) is 9.29. The van der Waals surface area contributed by atoms with Crippen LogP contribution in [0.1, 0.15) is 24.8 Å². The largest absolute Gasteiger partial charge is 0.503 e. The predicted molar refractivity (Wildman–Crippen MR) is 66.9 cm³/mol. The second-order valence-electron chi connectivity index (χ2n) is 4.32. The van der Waals surface area contributed by atoms with Gasteiger partial charge in [0, 0.05) is 12.0 Å². The van der Waals surface area contributed by atoms with Crippen LogP contribution >= 0.6 is 15.9 Å². The molecule has 16 heavy (non-hydrogen) atoms. The quantitative estimate of drug-likeness (QED) is 0.897. The average molecular weight is 286 g/mol. The molecule has 1 aliphatic carbocycles. The number of rotatable bonds is 3. The molecule has 4 heteroatoms. The summed E-state index contributed by atoms with van der Waals surface area (Å²) in [5, 5.41) is 9.94. The van der Waals surface area contributed by atoms with Crippen LogP contribution in [0.15, 0.2) is 16.6 Å². The number of halogens is 1. The third-order valence-corrected chi connectivity index (χ3v) is 4.37. The Labute approximate surface area is 104 Å². The van der Waals surface area contributed by atoms with Gasteiger partial charge in [0.15, 0.2) is 11.5 Å². The van der Waals surface area contributed by atoms with Crippen molar-refractivity contribution < 1.29 is 9.84 Å². The second-order valence-corrected chi connectivity index (χ2v) is 5.11. The molecule has 1 aliphatic rings. The van der Waals surface area contributed by atoms with Crippen molar-refractivity contribution in [2.45, 2.75) is 24.7 Å². The van der Waals surface area contributed by atoms with E-state index in [4.69, 9.17) is 10.5 Å². The second kappa shape index (κ2) is 4.26. The Kier molecular flexibility index (Phi) is 3.13. The maximum absolute atomic E-state index is 9.94. The SMILES string of the molecule is COc1ccc(C2(CN)CCC2)c(Br)c1O. The molecule has 1 fully saturated rings. The summed E-state index contributed by atoms with van der Waals surface area (Å²) in [6.07, 6.45) is 3.39. The van der Waals surface area contributed by atoms with Crippen LogP contribution in [-0.2, 0) is 5.41 Å². The summed E-state index contributed by atoms with van der Waals surface area (Å²) in [5.41, 5.74) is 7.00. The molecule has 3 nitrogen and oxygen atoms in total. The van der Waals surface area contributed by atoms with Gasteiger partial charge in [0.2, 0.25) is 0 Å². The van der Waals surface area contributed by atoms with E-state index in [9.17, 15) is 5.11 Å². The third-order valence-electron chi connectivity index (χ3n) is 3.57. The van der Waals surface area contributed by atoms with E-state index in [-0.39, 0.29) is 11.2 Å². The van der Waals surface area contributed by atoms with Crippen LogP contribution in [0.5, 0.6) is 11.5 Å². The molecule has 88 valence electrons. The molecule has 0 unspecified atom stereocenters. The minimum absolute atomic E-state index is 0.0442. The lowest BCUT2D eigenvalue weighted by Gasteiger charge is -2.42. The molecule has 0 spiro atoms. The molecule has 0 amide bonds. The van der Waals surface area contributed by atoms with Gasteiger partial charge in [-0.25, -0.2) is 0 Å². The predicted octanol–water partition coefficient (Wildman–Crippen LogP) is 2.54. The molecule has 0 radical (unpaired) electrons. The zero-order valence-corrected chi connectivity index (χ0v) is 10.9. The highest BCUT2D eigenvalue weighted by molar-refractivity contribution is 9.10. The number of methoxy groups -OCH3 is 1. The zero-order chi connectivity index (χ0) is 11.8. The maximum Gasteiger partial charge on any atom is 0.172 e. The topological polar surface area (TPSA) is 55.5 Å². The van der Waals surface area contributed by atoms with E-state index in [1.165, 1.54) is 6.42 Å². The van der Waals surface area contributed by atoms with Gasteiger partial charge in [0.1, 0.15) is 0 Å². The Morgan fingerprint density at radius 3 is 2.62 bits per heavy atom. The molecule has 0 heterocycles. The molecule has 1 aromatic rings. The molecule has 1 saturated carbocycles. The molecule has 0 aliphatic heterocycles. The molecule has 0 bridgehead atoms. The highest BCUT2D eigenvalue weighted by Crippen LogP contribution is 2.49.